The fraction of sp³-hybridized carbons (Fsp3) is 0.227. The van der Waals surface area contributed by atoms with Gasteiger partial charge in [-0.3, -0.25) is 4.79 Å². The molecule has 3 aromatic heterocycles. The van der Waals surface area contributed by atoms with Crippen molar-refractivity contribution in [2.24, 2.45) is 0 Å². The SMILES string of the molecule is Cc1ccc2oc(=O)c3cc(C(=O)N4CCN(c5ccccn5)CC4)sc3c2c1. The van der Waals surface area contributed by atoms with Crippen molar-refractivity contribution >= 4 is 44.1 Å². The molecular weight excluding hydrogens is 386 g/mol. The maximum Gasteiger partial charge on any atom is 0.345 e. The zero-order valence-corrected chi connectivity index (χ0v) is 16.7. The lowest BCUT2D eigenvalue weighted by atomic mass is 10.1. The van der Waals surface area contributed by atoms with Crippen LogP contribution in [0.15, 0.2) is 57.9 Å². The first-order valence-electron chi connectivity index (χ1n) is 9.52. The summed E-state index contributed by atoms with van der Waals surface area (Å²) < 4.78 is 6.26. The second kappa shape index (κ2) is 7.00. The van der Waals surface area contributed by atoms with E-state index in [-0.39, 0.29) is 5.91 Å². The molecule has 146 valence electrons. The summed E-state index contributed by atoms with van der Waals surface area (Å²) in [7, 11) is 0. The zero-order chi connectivity index (χ0) is 20.0. The van der Waals surface area contributed by atoms with Crippen LogP contribution in [0, 0.1) is 6.92 Å². The van der Waals surface area contributed by atoms with E-state index in [2.05, 4.69) is 9.88 Å². The lowest BCUT2D eigenvalue weighted by Crippen LogP contribution is -2.48. The molecule has 1 aliphatic heterocycles. The summed E-state index contributed by atoms with van der Waals surface area (Å²) in [6.45, 7) is 4.71. The second-order valence-corrected chi connectivity index (χ2v) is 8.26. The Morgan fingerprint density at radius 2 is 1.90 bits per heavy atom. The highest BCUT2D eigenvalue weighted by molar-refractivity contribution is 7.21. The number of benzene rings is 1. The van der Waals surface area contributed by atoms with Crippen LogP contribution in [0.3, 0.4) is 0 Å². The second-order valence-electron chi connectivity index (χ2n) is 7.21. The van der Waals surface area contributed by atoms with Crippen molar-refractivity contribution in [1.29, 1.82) is 0 Å². The third-order valence-electron chi connectivity index (χ3n) is 5.29. The highest BCUT2D eigenvalue weighted by Gasteiger charge is 2.25. The average molecular weight is 405 g/mol. The lowest BCUT2D eigenvalue weighted by molar-refractivity contribution is 0.0751. The lowest BCUT2D eigenvalue weighted by Gasteiger charge is -2.35. The van der Waals surface area contributed by atoms with Crippen molar-refractivity contribution in [3.8, 4) is 0 Å². The number of fused-ring (bicyclic) bond motifs is 3. The summed E-state index contributed by atoms with van der Waals surface area (Å²) in [6.07, 6.45) is 1.78. The Balaban J connectivity index is 1.43. The fourth-order valence-electron chi connectivity index (χ4n) is 3.75. The normalized spacial score (nSPS) is 14.7. The predicted octanol–water partition coefficient (Wildman–Crippen LogP) is 3.67. The van der Waals surface area contributed by atoms with E-state index in [4.69, 9.17) is 4.42 Å². The monoisotopic (exact) mass is 405 g/mol. The fourth-order valence-corrected chi connectivity index (χ4v) is 4.88. The molecule has 1 fully saturated rings. The summed E-state index contributed by atoms with van der Waals surface area (Å²) in [5, 5.41) is 1.35. The molecule has 1 aliphatic rings. The smallest absolute Gasteiger partial charge is 0.345 e. The molecule has 1 aromatic carbocycles. The molecule has 0 spiro atoms. The number of piperazine rings is 1. The van der Waals surface area contributed by atoms with Gasteiger partial charge in [-0.15, -0.1) is 11.3 Å². The Bertz CT molecular complexity index is 1270. The van der Waals surface area contributed by atoms with Gasteiger partial charge in [0.2, 0.25) is 0 Å². The molecule has 0 bridgehead atoms. The van der Waals surface area contributed by atoms with Crippen LogP contribution >= 0.6 is 11.3 Å². The molecule has 4 heterocycles. The standard InChI is InChI=1S/C22H19N3O3S/c1-14-5-6-17-15(12-14)20-16(22(27)28-17)13-18(29-20)21(26)25-10-8-24(9-11-25)19-4-2-3-7-23-19/h2-7,12-13H,8-11H2,1H3. The van der Waals surface area contributed by atoms with E-state index in [1.165, 1.54) is 11.3 Å². The van der Waals surface area contributed by atoms with E-state index in [1.807, 2.05) is 48.2 Å². The van der Waals surface area contributed by atoms with Crippen LogP contribution in [0.5, 0.6) is 0 Å². The molecule has 0 radical (unpaired) electrons. The minimum absolute atomic E-state index is 0.0351. The van der Waals surface area contributed by atoms with Crippen molar-refractivity contribution in [1.82, 2.24) is 9.88 Å². The number of pyridine rings is 1. The van der Waals surface area contributed by atoms with E-state index in [0.717, 1.165) is 34.6 Å². The van der Waals surface area contributed by atoms with Crippen LogP contribution in [0.25, 0.3) is 21.1 Å². The summed E-state index contributed by atoms with van der Waals surface area (Å²) in [5.41, 5.74) is 1.24. The van der Waals surface area contributed by atoms with Gasteiger partial charge >= 0.3 is 5.63 Å². The molecule has 5 rings (SSSR count). The summed E-state index contributed by atoms with van der Waals surface area (Å²) >= 11 is 1.37. The van der Waals surface area contributed by atoms with Gasteiger partial charge in [0.25, 0.3) is 5.91 Å². The van der Waals surface area contributed by atoms with Crippen LogP contribution in [0.4, 0.5) is 5.82 Å². The maximum absolute atomic E-state index is 13.1. The number of hydrogen-bond donors (Lipinski definition) is 0. The molecule has 0 N–H and O–H groups in total. The number of hydrogen-bond acceptors (Lipinski definition) is 6. The predicted molar refractivity (Wildman–Crippen MR) is 115 cm³/mol. The molecular formula is C22H19N3O3S. The minimum atomic E-state index is -0.397. The van der Waals surface area contributed by atoms with Gasteiger partial charge in [0.1, 0.15) is 11.4 Å². The van der Waals surface area contributed by atoms with Crippen LogP contribution in [-0.4, -0.2) is 42.0 Å². The van der Waals surface area contributed by atoms with Gasteiger partial charge in [0, 0.05) is 37.8 Å². The van der Waals surface area contributed by atoms with Crippen molar-refractivity contribution in [3.63, 3.8) is 0 Å². The van der Waals surface area contributed by atoms with Crippen LogP contribution < -0.4 is 10.5 Å². The molecule has 0 saturated carbocycles. The molecule has 1 saturated heterocycles. The van der Waals surface area contributed by atoms with Gasteiger partial charge in [-0.05, 0) is 37.3 Å². The quantitative estimate of drug-likeness (QED) is 0.476. The summed E-state index contributed by atoms with van der Waals surface area (Å²) in [5.74, 6) is 0.896. The Morgan fingerprint density at radius 1 is 1.07 bits per heavy atom. The number of carbonyl (C=O) groups is 1. The van der Waals surface area contributed by atoms with E-state index < -0.39 is 5.63 Å². The maximum atomic E-state index is 13.1. The van der Waals surface area contributed by atoms with Crippen molar-refractivity contribution in [2.45, 2.75) is 6.92 Å². The van der Waals surface area contributed by atoms with Crippen LogP contribution in [0.2, 0.25) is 0 Å². The third-order valence-corrected chi connectivity index (χ3v) is 6.44. The Morgan fingerprint density at radius 3 is 2.66 bits per heavy atom. The molecule has 4 aromatic rings. The number of amides is 1. The average Bonchev–Trinajstić information content (AvgIpc) is 3.21. The first-order chi connectivity index (χ1) is 14.1. The molecule has 0 unspecified atom stereocenters. The molecule has 29 heavy (non-hydrogen) atoms. The van der Waals surface area contributed by atoms with Gasteiger partial charge in [-0.2, -0.15) is 0 Å². The Hall–Kier alpha value is -3.19. The largest absolute Gasteiger partial charge is 0.422 e. The Kier molecular flexibility index (Phi) is 4.32. The van der Waals surface area contributed by atoms with E-state index in [1.54, 1.807) is 12.3 Å². The molecule has 6 nitrogen and oxygen atoms in total. The van der Waals surface area contributed by atoms with Crippen molar-refractivity contribution in [3.05, 3.63) is 69.5 Å². The van der Waals surface area contributed by atoms with Gasteiger partial charge in [0.15, 0.2) is 0 Å². The first-order valence-corrected chi connectivity index (χ1v) is 10.3. The van der Waals surface area contributed by atoms with Gasteiger partial charge in [0.05, 0.1) is 15.0 Å². The summed E-state index contributed by atoms with van der Waals surface area (Å²) in [4.78, 5) is 34.5. The van der Waals surface area contributed by atoms with Gasteiger partial charge in [-0.25, -0.2) is 9.78 Å². The van der Waals surface area contributed by atoms with Gasteiger partial charge in [-0.1, -0.05) is 17.7 Å². The number of nitrogens with zero attached hydrogens (tertiary/aromatic N) is 3. The Labute approximate surface area is 171 Å². The first kappa shape index (κ1) is 17.9. The van der Waals surface area contributed by atoms with Crippen molar-refractivity contribution in [2.75, 3.05) is 31.1 Å². The zero-order valence-electron chi connectivity index (χ0n) is 15.9. The minimum Gasteiger partial charge on any atom is -0.422 e. The highest BCUT2D eigenvalue weighted by Crippen LogP contribution is 2.32. The number of aryl methyl sites for hydroxylation is 1. The topological polar surface area (TPSA) is 66.7 Å². The van der Waals surface area contributed by atoms with Gasteiger partial charge < -0.3 is 14.2 Å². The van der Waals surface area contributed by atoms with E-state index >= 15 is 0 Å². The van der Waals surface area contributed by atoms with Crippen molar-refractivity contribution < 1.29 is 9.21 Å². The molecule has 7 heteroatoms. The van der Waals surface area contributed by atoms with E-state index in [9.17, 15) is 9.59 Å². The van der Waals surface area contributed by atoms with E-state index in [0.29, 0.717) is 28.9 Å². The number of thiophene rings is 1. The third kappa shape index (κ3) is 3.17. The molecule has 0 aliphatic carbocycles. The van der Waals surface area contributed by atoms with Crippen LogP contribution in [-0.2, 0) is 0 Å². The molecule has 1 amide bonds. The molecule has 0 atom stereocenters. The highest BCUT2D eigenvalue weighted by atomic mass is 32.1. The number of carbonyl (C=O) groups excluding carboxylic acids is 1. The number of anilines is 1. The van der Waals surface area contributed by atoms with Crippen LogP contribution in [0.1, 0.15) is 15.2 Å². The number of rotatable bonds is 2. The summed E-state index contributed by atoms with van der Waals surface area (Å²) in [6, 6.07) is 13.2. The number of aromatic nitrogens is 1.